The molecule has 5 nitrogen and oxygen atoms in total. The maximum absolute atomic E-state index is 12.7. The molecule has 2 aromatic rings. The molecule has 0 unspecified atom stereocenters. The second-order valence-electron chi connectivity index (χ2n) is 6.08. The number of hydroxylamine groups is 2. The Morgan fingerprint density at radius 3 is 2.50 bits per heavy atom. The lowest BCUT2D eigenvalue weighted by molar-refractivity contribution is -0.158. The third-order valence-corrected chi connectivity index (χ3v) is 5.39. The first kappa shape index (κ1) is 18.4. The van der Waals surface area contributed by atoms with Gasteiger partial charge in [-0.05, 0) is 37.6 Å². The normalized spacial score (nSPS) is 20.6. The van der Waals surface area contributed by atoms with Crippen molar-refractivity contribution in [3.63, 3.8) is 0 Å². The number of carbonyl (C=O) groups excluding carboxylic acids is 1. The number of amides is 1. The molecule has 1 aliphatic rings. The number of hydrogen-bond donors (Lipinski definition) is 0. The summed E-state index contributed by atoms with van der Waals surface area (Å²) in [5.74, 6) is 0. The Labute approximate surface area is 155 Å². The van der Waals surface area contributed by atoms with Gasteiger partial charge >= 0.3 is 6.09 Å². The lowest BCUT2D eigenvalue weighted by atomic mass is 10.2. The quantitative estimate of drug-likeness (QED) is 0.764. The Bertz CT molecular complexity index is 804. The summed E-state index contributed by atoms with van der Waals surface area (Å²) in [6, 6.07) is 16.5. The van der Waals surface area contributed by atoms with Crippen molar-refractivity contribution >= 4 is 16.9 Å². The van der Waals surface area contributed by atoms with Crippen LogP contribution in [0.15, 0.2) is 71.6 Å². The maximum Gasteiger partial charge on any atom is 0.434 e. The van der Waals surface area contributed by atoms with E-state index in [4.69, 9.17) is 9.57 Å². The highest BCUT2D eigenvalue weighted by molar-refractivity contribution is 7.85. The molecular formula is C20H21NO4S. The van der Waals surface area contributed by atoms with Gasteiger partial charge in [0.2, 0.25) is 0 Å². The first-order chi connectivity index (χ1) is 12.5. The molecule has 0 N–H and O–H groups in total. The van der Waals surface area contributed by atoms with Crippen LogP contribution in [-0.4, -0.2) is 26.8 Å². The van der Waals surface area contributed by atoms with Gasteiger partial charge in [0.15, 0.2) is 5.44 Å². The fourth-order valence-electron chi connectivity index (χ4n) is 2.48. The van der Waals surface area contributed by atoms with Crippen LogP contribution in [0.25, 0.3) is 0 Å². The van der Waals surface area contributed by atoms with Gasteiger partial charge in [0, 0.05) is 4.90 Å². The summed E-state index contributed by atoms with van der Waals surface area (Å²) >= 11 is 0. The molecule has 0 saturated carbocycles. The summed E-state index contributed by atoms with van der Waals surface area (Å²) in [5.41, 5.74) is 1.24. The first-order valence-corrected chi connectivity index (χ1v) is 9.58. The monoisotopic (exact) mass is 371 g/mol. The van der Waals surface area contributed by atoms with Crippen LogP contribution in [0, 0.1) is 6.92 Å². The van der Waals surface area contributed by atoms with Crippen molar-refractivity contribution in [2.45, 2.75) is 36.8 Å². The third kappa shape index (κ3) is 4.39. The standard InChI is InChI=1S/C20H21NO4S/c1-15-8-11-18(12-9-15)26(23)19-13-10-16(2)21(25-19)20(22)24-14-17-6-4-3-5-7-17/h3-13,16,19H,14H2,1-2H3/t16-,19+,26-/m0/s1. The summed E-state index contributed by atoms with van der Waals surface area (Å²) in [6.45, 7) is 3.93. The highest BCUT2D eigenvalue weighted by Gasteiger charge is 2.31. The third-order valence-electron chi connectivity index (χ3n) is 3.98. The molecule has 0 saturated heterocycles. The molecule has 1 aliphatic heterocycles. The molecule has 0 spiro atoms. The van der Waals surface area contributed by atoms with Gasteiger partial charge < -0.3 is 4.74 Å². The summed E-state index contributed by atoms with van der Waals surface area (Å²) in [5, 5.41) is 1.14. The molecule has 3 atom stereocenters. The summed E-state index contributed by atoms with van der Waals surface area (Å²) in [4.78, 5) is 18.7. The Morgan fingerprint density at radius 2 is 1.81 bits per heavy atom. The molecule has 26 heavy (non-hydrogen) atoms. The molecule has 136 valence electrons. The second kappa shape index (κ2) is 8.29. The Morgan fingerprint density at radius 1 is 1.12 bits per heavy atom. The first-order valence-electron chi connectivity index (χ1n) is 8.37. The van der Waals surface area contributed by atoms with Crippen molar-refractivity contribution < 1.29 is 18.6 Å². The predicted octanol–water partition coefficient (Wildman–Crippen LogP) is 3.96. The van der Waals surface area contributed by atoms with Gasteiger partial charge in [-0.1, -0.05) is 54.1 Å². The van der Waals surface area contributed by atoms with Crippen LogP contribution in [-0.2, 0) is 27.0 Å². The zero-order chi connectivity index (χ0) is 18.5. The van der Waals surface area contributed by atoms with Crippen molar-refractivity contribution in [2.24, 2.45) is 0 Å². The van der Waals surface area contributed by atoms with Crippen LogP contribution < -0.4 is 0 Å². The summed E-state index contributed by atoms with van der Waals surface area (Å²) in [7, 11) is -1.43. The average Bonchev–Trinajstić information content (AvgIpc) is 2.67. The number of rotatable bonds is 4. The zero-order valence-corrected chi connectivity index (χ0v) is 15.5. The van der Waals surface area contributed by atoms with E-state index in [1.165, 1.54) is 0 Å². The molecule has 0 radical (unpaired) electrons. The smallest absolute Gasteiger partial charge is 0.434 e. The predicted molar refractivity (Wildman–Crippen MR) is 99.5 cm³/mol. The summed E-state index contributed by atoms with van der Waals surface area (Å²) < 4.78 is 18.0. The van der Waals surface area contributed by atoms with E-state index in [0.29, 0.717) is 4.90 Å². The largest absolute Gasteiger partial charge is 0.443 e. The highest BCUT2D eigenvalue weighted by Crippen LogP contribution is 2.22. The van der Waals surface area contributed by atoms with E-state index in [9.17, 15) is 9.00 Å². The second-order valence-corrected chi connectivity index (χ2v) is 7.61. The molecule has 0 aromatic heterocycles. The van der Waals surface area contributed by atoms with Crippen LogP contribution in [0.4, 0.5) is 4.79 Å². The number of ether oxygens (including phenoxy) is 1. The van der Waals surface area contributed by atoms with E-state index in [1.54, 1.807) is 24.3 Å². The summed E-state index contributed by atoms with van der Waals surface area (Å²) in [6.07, 6.45) is 2.92. The SMILES string of the molecule is Cc1ccc([S@](=O)[C@@H]2C=C[C@H](C)N(C(=O)OCc3ccccc3)O2)cc1. The van der Waals surface area contributed by atoms with Gasteiger partial charge in [-0.2, -0.15) is 5.06 Å². The van der Waals surface area contributed by atoms with Crippen LogP contribution in [0.1, 0.15) is 18.1 Å². The number of hydrogen-bond acceptors (Lipinski definition) is 4. The average molecular weight is 371 g/mol. The van der Waals surface area contributed by atoms with E-state index < -0.39 is 22.3 Å². The molecule has 2 aromatic carbocycles. The minimum atomic E-state index is -1.43. The fraction of sp³-hybridized carbons (Fsp3) is 0.250. The number of aryl methyl sites for hydroxylation is 1. The van der Waals surface area contributed by atoms with E-state index >= 15 is 0 Å². The van der Waals surface area contributed by atoms with Crippen molar-refractivity contribution in [1.29, 1.82) is 0 Å². The van der Waals surface area contributed by atoms with Crippen molar-refractivity contribution in [3.8, 4) is 0 Å². The van der Waals surface area contributed by atoms with Crippen LogP contribution in [0.5, 0.6) is 0 Å². The van der Waals surface area contributed by atoms with Crippen LogP contribution in [0.3, 0.4) is 0 Å². The van der Waals surface area contributed by atoms with Crippen molar-refractivity contribution in [2.75, 3.05) is 0 Å². The Hall–Kier alpha value is -2.44. The molecule has 3 rings (SSSR count). The Kier molecular flexibility index (Phi) is 5.85. The molecule has 0 bridgehead atoms. The van der Waals surface area contributed by atoms with Crippen molar-refractivity contribution in [1.82, 2.24) is 5.06 Å². The fourth-order valence-corrected chi connectivity index (χ4v) is 3.56. The number of nitrogens with zero attached hydrogens (tertiary/aromatic N) is 1. The number of carbonyl (C=O) groups is 1. The number of benzene rings is 2. The molecule has 1 amide bonds. The van der Waals surface area contributed by atoms with Gasteiger partial charge in [0.25, 0.3) is 0 Å². The van der Waals surface area contributed by atoms with E-state index in [1.807, 2.05) is 56.3 Å². The van der Waals surface area contributed by atoms with Gasteiger partial charge in [-0.15, -0.1) is 0 Å². The lowest BCUT2D eigenvalue weighted by Gasteiger charge is -2.31. The van der Waals surface area contributed by atoms with Gasteiger partial charge in [-0.25, -0.2) is 9.63 Å². The van der Waals surface area contributed by atoms with Gasteiger partial charge in [0.05, 0.1) is 16.8 Å². The van der Waals surface area contributed by atoms with Gasteiger partial charge in [-0.3, -0.25) is 4.21 Å². The van der Waals surface area contributed by atoms with Gasteiger partial charge in [0.1, 0.15) is 6.61 Å². The molecule has 0 aliphatic carbocycles. The lowest BCUT2D eigenvalue weighted by Crippen LogP contribution is -2.44. The molecule has 6 heteroatoms. The van der Waals surface area contributed by atoms with Crippen molar-refractivity contribution in [3.05, 3.63) is 77.9 Å². The Balaban J connectivity index is 1.65. The van der Waals surface area contributed by atoms with E-state index in [-0.39, 0.29) is 12.6 Å². The molecular weight excluding hydrogens is 350 g/mol. The molecule has 1 heterocycles. The topological polar surface area (TPSA) is 55.8 Å². The molecule has 0 fully saturated rings. The van der Waals surface area contributed by atoms with Crippen LogP contribution >= 0.6 is 0 Å². The minimum absolute atomic E-state index is 0.154. The van der Waals surface area contributed by atoms with E-state index in [2.05, 4.69) is 0 Å². The highest BCUT2D eigenvalue weighted by atomic mass is 32.2. The maximum atomic E-state index is 12.7. The zero-order valence-electron chi connectivity index (χ0n) is 14.7. The van der Waals surface area contributed by atoms with Crippen LogP contribution in [0.2, 0.25) is 0 Å². The minimum Gasteiger partial charge on any atom is -0.443 e. The van der Waals surface area contributed by atoms with E-state index in [0.717, 1.165) is 16.2 Å².